The van der Waals surface area contributed by atoms with Gasteiger partial charge in [0.05, 0.1) is 43.5 Å². The number of carbonyl (C=O) groups excluding carboxylic acids is 1. The number of piperidine rings is 1. The van der Waals surface area contributed by atoms with E-state index in [0.717, 1.165) is 72.2 Å². The Bertz CT molecular complexity index is 1990. The van der Waals surface area contributed by atoms with E-state index >= 15 is 0 Å². The van der Waals surface area contributed by atoms with Crippen molar-refractivity contribution in [2.24, 2.45) is 0 Å². The van der Waals surface area contributed by atoms with E-state index in [9.17, 15) is 9.90 Å². The van der Waals surface area contributed by atoms with Crippen molar-refractivity contribution in [3.05, 3.63) is 77.9 Å². The molecule has 14 heteroatoms. The minimum Gasteiger partial charge on any atom is -0.484 e. The number of hydrogen-bond donors (Lipinski definition) is 3. The molecule has 7 rings (SSSR count). The Labute approximate surface area is 304 Å². The van der Waals surface area contributed by atoms with Gasteiger partial charge < -0.3 is 25.0 Å². The van der Waals surface area contributed by atoms with Gasteiger partial charge in [-0.15, -0.1) is 10.2 Å². The maximum absolute atomic E-state index is 13.7. The molecule has 0 saturated carbocycles. The quantitative estimate of drug-likeness (QED) is 0.162. The molecule has 0 bridgehead atoms. The van der Waals surface area contributed by atoms with Gasteiger partial charge in [0, 0.05) is 37.2 Å². The summed E-state index contributed by atoms with van der Waals surface area (Å²) in [4.78, 5) is 18.1. The molecule has 3 N–H and O–H groups in total. The number of rotatable bonds is 11. The summed E-state index contributed by atoms with van der Waals surface area (Å²) >= 11 is 0. The molecule has 0 spiro atoms. The number of amides is 2. The SMILES string of the molecule is C[C@H]1CCCCN1c1nnc2ccc(O[C@@H]3CC[C@H](NC(=O)Nc4cc(C(C)(C)C)nn4-c4cnn(CCN(C)CCO)c4)c4ccccc43)cn12. The lowest BCUT2D eigenvalue weighted by Gasteiger charge is -2.33. The van der Waals surface area contributed by atoms with Gasteiger partial charge in [-0.05, 0) is 69.3 Å². The molecule has 0 radical (unpaired) electrons. The summed E-state index contributed by atoms with van der Waals surface area (Å²) in [6.07, 6.45) is 10.5. The molecule has 1 fully saturated rings. The number of aromatic nitrogens is 7. The lowest BCUT2D eigenvalue weighted by atomic mass is 9.85. The van der Waals surface area contributed by atoms with Crippen molar-refractivity contribution in [2.45, 2.75) is 89.9 Å². The van der Waals surface area contributed by atoms with E-state index in [1.54, 1.807) is 10.9 Å². The first-order valence-electron chi connectivity index (χ1n) is 18.4. The van der Waals surface area contributed by atoms with Gasteiger partial charge in [0.15, 0.2) is 5.65 Å². The maximum Gasteiger partial charge on any atom is 0.320 e. The van der Waals surface area contributed by atoms with E-state index in [1.165, 1.54) is 6.42 Å². The lowest BCUT2D eigenvalue weighted by molar-refractivity contribution is 0.171. The van der Waals surface area contributed by atoms with Crippen molar-refractivity contribution in [2.75, 3.05) is 43.5 Å². The molecule has 2 aliphatic rings. The van der Waals surface area contributed by atoms with Gasteiger partial charge in [0.2, 0.25) is 5.95 Å². The monoisotopic (exact) mass is 709 g/mol. The van der Waals surface area contributed by atoms with Gasteiger partial charge in [0.25, 0.3) is 0 Å². The van der Waals surface area contributed by atoms with Crippen molar-refractivity contribution in [3.8, 4) is 11.4 Å². The fraction of sp³-hybridized carbons (Fsp3) is 0.500. The van der Waals surface area contributed by atoms with Gasteiger partial charge in [-0.3, -0.25) is 14.4 Å². The summed E-state index contributed by atoms with van der Waals surface area (Å²) in [6, 6.07) is 14.0. The Morgan fingerprint density at radius 2 is 1.87 bits per heavy atom. The minimum absolute atomic E-state index is 0.114. The van der Waals surface area contributed by atoms with Crippen molar-refractivity contribution in [3.63, 3.8) is 0 Å². The summed E-state index contributed by atoms with van der Waals surface area (Å²) in [5.41, 5.74) is 4.27. The van der Waals surface area contributed by atoms with Crippen LogP contribution in [0.15, 0.2) is 61.1 Å². The van der Waals surface area contributed by atoms with Crippen LogP contribution >= 0.6 is 0 Å². The number of fused-ring (bicyclic) bond motifs is 2. The molecule has 14 nitrogen and oxygen atoms in total. The number of pyridine rings is 1. The topological polar surface area (TPSA) is 143 Å². The Kier molecular flexibility index (Phi) is 10.2. The first-order valence-corrected chi connectivity index (χ1v) is 18.4. The number of nitrogens with one attached hydrogen (secondary N) is 2. The van der Waals surface area contributed by atoms with Crippen LogP contribution in [-0.4, -0.2) is 89.5 Å². The minimum atomic E-state index is -0.309. The smallest absolute Gasteiger partial charge is 0.320 e. The number of hydrogen-bond acceptors (Lipinski definition) is 9. The number of aliphatic hydroxyl groups excluding tert-OH is 1. The maximum atomic E-state index is 13.7. The van der Waals surface area contributed by atoms with Crippen LogP contribution in [0.25, 0.3) is 11.3 Å². The van der Waals surface area contributed by atoms with E-state index in [-0.39, 0.29) is 30.2 Å². The highest BCUT2D eigenvalue weighted by atomic mass is 16.5. The largest absolute Gasteiger partial charge is 0.484 e. The molecule has 1 aromatic carbocycles. The summed E-state index contributed by atoms with van der Waals surface area (Å²) in [7, 11) is 1.97. The van der Waals surface area contributed by atoms with Gasteiger partial charge in [-0.25, -0.2) is 9.48 Å². The number of nitrogens with zero attached hydrogens (tertiary/aromatic N) is 9. The average molecular weight is 710 g/mol. The van der Waals surface area contributed by atoms with Crippen molar-refractivity contribution in [1.29, 1.82) is 0 Å². The predicted octanol–water partition coefficient (Wildman–Crippen LogP) is 5.49. The molecule has 5 aromatic rings. The fourth-order valence-electron chi connectivity index (χ4n) is 7.19. The van der Waals surface area contributed by atoms with Gasteiger partial charge in [-0.2, -0.15) is 10.2 Å². The molecule has 5 heterocycles. The number of urea groups is 1. The highest BCUT2D eigenvalue weighted by Crippen LogP contribution is 2.39. The molecule has 0 unspecified atom stereocenters. The number of likely N-dealkylation sites (N-methyl/N-ethyl adjacent to an activating group) is 1. The Hall–Kier alpha value is -4.95. The van der Waals surface area contributed by atoms with Crippen molar-refractivity contribution in [1.82, 2.24) is 44.4 Å². The number of benzene rings is 1. The number of anilines is 2. The van der Waals surface area contributed by atoms with Crippen LogP contribution in [0, 0.1) is 0 Å². The summed E-state index contributed by atoms with van der Waals surface area (Å²) in [5.74, 6) is 2.18. The van der Waals surface area contributed by atoms with E-state index in [2.05, 4.69) is 70.7 Å². The number of aliphatic hydroxyl groups is 1. The van der Waals surface area contributed by atoms with Crippen LogP contribution in [0.1, 0.15) is 88.8 Å². The molecular formula is C38H51N11O3. The van der Waals surface area contributed by atoms with Crippen LogP contribution in [-0.2, 0) is 12.0 Å². The van der Waals surface area contributed by atoms with Crippen molar-refractivity contribution < 1.29 is 14.6 Å². The third-order valence-corrected chi connectivity index (χ3v) is 10.2. The van der Waals surface area contributed by atoms with Gasteiger partial charge in [0.1, 0.15) is 23.4 Å². The Morgan fingerprint density at radius 1 is 1.04 bits per heavy atom. The predicted molar refractivity (Wildman–Crippen MR) is 200 cm³/mol. The molecule has 1 saturated heterocycles. The van der Waals surface area contributed by atoms with Crippen LogP contribution in [0.4, 0.5) is 16.6 Å². The number of carbonyl (C=O) groups is 1. The molecule has 2 amide bonds. The molecule has 4 aromatic heterocycles. The molecule has 3 atom stereocenters. The second-order valence-electron chi connectivity index (χ2n) is 15.2. The highest BCUT2D eigenvalue weighted by molar-refractivity contribution is 5.89. The van der Waals surface area contributed by atoms with Crippen LogP contribution in [0.5, 0.6) is 5.75 Å². The number of ether oxygens (including phenoxy) is 1. The van der Waals surface area contributed by atoms with Crippen LogP contribution in [0.2, 0.25) is 0 Å². The lowest BCUT2D eigenvalue weighted by Crippen LogP contribution is -2.38. The van der Waals surface area contributed by atoms with E-state index in [1.807, 2.05) is 63.8 Å². The zero-order valence-electron chi connectivity index (χ0n) is 30.9. The first-order chi connectivity index (χ1) is 25.1. The van der Waals surface area contributed by atoms with Gasteiger partial charge in [-0.1, -0.05) is 45.0 Å². The first kappa shape index (κ1) is 35.5. The fourth-order valence-corrected chi connectivity index (χ4v) is 7.19. The second-order valence-corrected chi connectivity index (χ2v) is 15.2. The zero-order chi connectivity index (χ0) is 36.4. The van der Waals surface area contributed by atoms with Crippen LogP contribution < -0.4 is 20.3 Å². The van der Waals surface area contributed by atoms with E-state index in [4.69, 9.17) is 9.84 Å². The Balaban J connectivity index is 1.06. The second kappa shape index (κ2) is 15.0. The average Bonchev–Trinajstić information content (AvgIpc) is 3.87. The van der Waals surface area contributed by atoms with E-state index < -0.39 is 0 Å². The molecule has 52 heavy (non-hydrogen) atoms. The zero-order valence-corrected chi connectivity index (χ0v) is 30.9. The van der Waals surface area contributed by atoms with Crippen LogP contribution in [0.3, 0.4) is 0 Å². The molecule has 1 aliphatic carbocycles. The Morgan fingerprint density at radius 3 is 2.65 bits per heavy atom. The molecular weight excluding hydrogens is 658 g/mol. The summed E-state index contributed by atoms with van der Waals surface area (Å²) in [6.45, 7) is 11.6. The molecule has 1 aliphatic heterocycles. The highest BCUT2D eigenvalue weighted by Gasteiger charge is 2.31. The third-order valence-electron chi connectivity index (χ3n) is 10.2. The summed E-state index contributed by atoms with van der Waals surface area (Å²) in [5, 5.41) is 33.9. The molecule has 276 valence electrons. The third kappa shape index (κ3) is 7.63. The van der Waals surface area contributed by atoms with Crippen molar-refractivity contribution >= 4 is 23.4 Å². The van der Waals surface area contributed by atoms with E-state index in [0.29, 0.717) is 31.4 Å². The summed E-state index contributed by atoms with van der Waals surface area (Å²) < 4.78 is 12.3. The van der Waals surface area contributed by atoms with Gasteiger partial charge >= 0.3 is 6.03 Å². The normalized spacial score (nSPS) is 19.2. The standard InChI is InChI=1S/C38H51N11O3/c1-26-10-8-9-17-47(26)37-43-42-34-16-13-28(25-48(34)37)52-32-15-14-31(29-11-6-7-12-30(29)32)40-36(51)41-35-22-33(38(2,3)4)44-49(35)27-23-39-46(24-27)19-18-45(5)20-21-50/h6-7,11-13,16,22-26,31-32,50H,8-10,14-15,17-21H2,1-5H3,(H2,40,41,51)/t26-,31-,32+/m0/s1.